The number of benzene rings is 2. The Morgan fingerprint density at radius 1 is 1.02 bits per heavy atom. The molecule has 3 heterocycles. The standard InChI is InChI=1S/C31H33N5O3S/c1-19-9-8-10-22(15-19)35-20(2)16-24(21(35)3)30-29(25-11-6-7-14-32-25)34-31(40)36(30)23-12-13-27(39-5)26(17-23)33-28(37)18-38-4/h6-17,29-30H,18H2,1-5H3,(H,33,37)(H,34,40)/t29-,30+/m0/s1. The van der Waals surface area contributed by atoms with Crippen molar-refractivity contribution in [3.8, 4) is 11.4 Å². The van der Waals surface area contributed by atoms with Crippen molar-refractivity contribution < 1.29 is 14.3 Å². The highest BCUT2D eigenvalue weighted by molar-refractivity contribution is 7.80. The van der Waals surface area contributed by atoms with E-state index in [-0.39, 0.29) is 24.6 Å². The van der Waals surface area contributed by atoms with Gasteiger partial charge in [-0.3, -0.25) is 9.78 Å². The average Bonchev–Trinajstić information content (AvgIpc) is 3.44. The second-order valence-electron chi connectivity index (χ2n) is 9.86. The largest absolute Gasteiger partial charge is 0.495 e. The summed E-state index contributed by atoms with van der Waals surface area (Å²) in [6, 6.07) is 21.9. The van der Waals surface area contributed by atoms with Crippen molar-refractivity contribution in [2.45, 2.75) is 32.9 Å². The molecule has 8 nitrogen and oxygen atoms in total. The van der Waals surface area contributed by atoms with E-state index in [0.29, 0.717) is 16.5 Å². The van der Waals surface area contributed by atoms with Crippen molar-refractivity contribution in [3.05, 3.63) is 101 Å². The van der Waals surface area contributed by atoms with Gasteiger partial charge in [-0.2, -0.15) is 0 Å². The summed E-state index contributed by atoms with van der Waals surface area (Å²) in [4.78, 5) is 19.2. The average molecular weight is 556 g/mol. The van der Waals surface area contributed by atoms with Gasteiger partial charge in [-0.15, -0.1) is 0 Å². The fourth-order valence-electron chi connectivity index (χ4n) is 5.46. The lowest BCUT2D eigenvalue weighted by Gasteiger charge is -2.29. The maximum Gasteiger partial charge on any atom is 0.250 e. The van der Waals surface area contributed by atoms with E-state index in [1.807, 2.05) is 36.4 Å². The lowest BCUT2D eigenvalue weighted by Crippen LogP contribution is -2.29. The normalized spacial score (nSPS) is 16.6. The summed E-state index contributed by atoms with van der Waals surface area (Å²) in [5.41, 5.74) is 7.92. The third-order valence-corrected chi connectivity index (χ3v) is 7.47. The predicted molar refractivity (Wildman–Crippen MR) is 161 cm³/mol. The Hall–Kier alpha value is -4.21. The van der Waals surface area contributed by atoms with Gasteiger partial charge in [-0.05, 0) is 92.6 Å². The van der Waals surface area contributed by atoms with Gasteiger partial charge in [-0.1, -0.05) is 18.2 Å². The van der Waals surface area contributed by atoms with E-state index in [4.69, 9.17) is 21.7 Å². The predicted octanol–water partition coefficient (Wildman–Crippen LogP) is 5.57. The summed E-state index contributed by atoms with van der Waals surface area (Å²) >= 11 is 5.95. The molecule has 1 aliphatic heterocycles. The van der Waals surface area contributed by atoms with Crippen LogP contribution in [0, 0.1) is 20.8 Å². The van der Waals surface area contributed by atoms with Crippen LogP contribution in [0.4, 0.5) is 11.4 Å². The molecule has 2 N–H and O–H groups in total. The Morgan fingerprint density at radius 2 is 1.85 bits per heavy atom. The zero-order chi connectivity index (χ0) is 28.4. The fourth-order valence-corrected chi connectivity index (χ4v) is 5.81. The van der Waals surface area contributed by atoms with Gasteiger partial charge in [0, 0.05) is 36.1 Å². The van der Waals surface area contributed by atoms with Gasteiger partial charge >= 0.3 is 0 Å². The SMILES string of the molecule is COCC(=O)Nc1cc(N2C(=S)N[C@@H](c3ccccn3)[C@H]2c2cc(C)n(-c3cccc(C)c3)c2C)ccc1OC. The van der Waals surface area contributed by atoms with Crippen molar-refractivity contribution in [2.75, 3.05) is 31.0 Å². The van der Waals surface area contributed by atoms with Crippen LogP contribution in [0.15, 0.2) is 72.9 Å². The topological polar surface area (TPSA) is 80.7 Å². The van der Waals surface area contributed by atoms with E-state index in [1.54, 1.807) is 13.3 Å². The monoisotopic (exact) mass is 555 g/mol. The van der Waals surface area contributed by atoms with E-state index in [0.717, 1.165) is 34.0 Å². The molecule has 2 aromatic heterocycles. The Balaban J connectivity index is 1.65. The van der Waals surface area contributed by atoms with Gasteiger partial charge in [0.25, 0.3) is 0 Å². The molecule has 1 fully saturated rings. The number of nitrogens with zero attached hydrogens (tertiary/aromatic N) is 3. The van der Waals surface area contributed by atoms with Crippen molar-refractivity contribution >= 4 is 34.6 Å². The van der Waals surface area contributed by atoms with Gasteiger partial charge in [0.05, 0.1) is 30.6 Å². The number of anilines is 2. The van der Waals surface area contributed by atoms with E-state index < -0.39 is 0 Å². The number of hydrogen-bond donors (Lipinski definition) is 2. The number of rotatable bonds is 8. The first kappa shape index (κ1) is 27.4. The van der Waals surface area contributed by atoms with Crippen LogP contribution in [0.1, 0.15) is 40.3 Å². The number of hydrogen-bond acceptors (Lipinski definition) is 5. The molecular weight excluding hydrogens is 522 g/mol. The number of methoxy groups -OCH3 is 2. The third kappa shape index (κ3) is 5.17. The number of pyridine rings is 1. The van der Waals surface area contributed by atoms with Crippen molar-refractivity contribution in [1.82, 2.24) is 14.9 Å². The molecular formula is C31H33N5O3S. The molecule has 9 heteroatoms. The van der Waals surface area contributed by atoms with E-state index in [2.05, 4.69) is 76.2 Å². The number of thiocarbonyl (C=S) groups is 1. The lowest BCUT2D eigenvalue weighted by atomic mass is 9.96. The second-order valence-corrected chi connectivity index (χ2v) is 10.2. The highest BCUT2D eigenvalue weighted by atomic mass is 32.1. The van der Waals surface area contributed by atoms with Gasteiger partial charge in [0.15, 0.2) is 5.11 Å². The van der Waals surface area contributed by atoms with Crippen LogP contribution in [0.5, 0.6) is 5.75 Å². The number of nitrogens with one attached hydrogen (secondary N) is 2. The minimum atomic E-state index is -0.273. The van der Waals surface area contributed by atoms with Crippen LogP contribution in [-0.2, 0) is 9.53 Å². The van der Waals surface area contributed by atoms with Crippen LogP contribution in [0.2, 0.25) is 0 Å². The van der Waals surface area contributed by atoms with Crippen LogP contribution in [0.25, 0.3) is 5.69 Å². The van der Waals surface area contributed by atoms with Gasteiger partial charge < -0.3 is 29.6 Å². The molecule has 0 saturated carbocycles. The number of aromatic nitrogens is 2. The Bertz CT molecular complexity index is 1550. The maximum absolute atomic E-state index is 12.4. The summed E-state index contributed by atoms with van der Waals surface area (Å²) in [5.74, 6) is 0.270. The molecule has 0 spiro atoms. The highest BCUT2D eigenvalue weighted by Crippen LogP contribution is 2.45. The number of carbonyl (C=O) groups is 1. The summed E-state index contributed by atoms with van der Waals surface area (Å²) in [6.07, 6.45) is 1.80. The summed E-state index contributed by atoms with van der Waals surface area (Å²) in [6.45, 7) is 6.30. The van der Waals surface area contributed by atoms with Crippen molar-refractivity contribution in [1.29, 1.82) is 0 Å². The Kier molecular flexibility index (Phi) is 7.86. The summed E-state index contributed by atoms with van der Waals surface area (Å²) in [5, 5.41) is 6.99. The van der Waals surface area contributed by atoms with Crippen LogP contribution in [0.3, 0.4) is 0 Å². The molecule has 0 bridgehead atoms. The molecule has 4 aromatic rings. The van der Waals surface area contributed by atoms with Gasteiger partial charge in [0.2, 0.25) is 5.91 Å². The smallest absolute Gasteiger partial charge is 0.250 e. The van der Waals surface area contributed by atoms with E-state index in [9.17, 15) is 4.79 Å². The Morgan fingerprint density at radius 3 is 2.55 bits per heavy atom. The van der Waals surface area contributed by atoms with Crippen LogP contribution in [-0.4, -0.2) is 41.4 Å². The summed E-state index contributed by atoms with van der Waals surface area (Å²) < 4.78 is 12.8. The van der Waals surface area contributed by atoms with E-state index in [1.165, 1.54) is 12.7 Å². The molecule has 1 saturated heterocycles. The molecule has 2 aromatic carbocycles. The molecule has 2 atom stereocenters. The molecule has 206 valence electrons. The molecule has 5 rings (SSSR count). The number of aryl methyl sites for hydroxylation is 2. The number of amides is 1. The maximum atomic E-state index is 12.4. The Labute approximate surface area is 239 Å². The zero-order valence-corrected chi connectivity index (χ0v) is 24.1. The molecule has 1 aliphatic rings. The van der Waals surface area contributed by atoms with E-state index >= 15 is 0 Å². The molecule has 0 radical (unpaired) electrons. The fraction of sp³-hybridized carbons (Fsp3) is 0.258. The third-order valence-electron chi connectivity index (χ3n) is 7.16. The molecule has 0 aliphatic carbocycles. The zero-order valence-electron chi connectivity index (χ0n) is 23.3. The molecule has 1 amide bonds. The quantitative estimate of drug-likeness (QED) is 0.275. The second kappa shape index (κ2) is 11.5. The first-order valence-corrected chi connectivity index (χ1v) is 13.5. The van der Waals surface area contributed by atoms with Gasteiger partial charge in [-0.25, -0.2) is 0 Å². The molecule has 0 unspecified atom stereocenters. The highest BCUT2D eigenvalue weighted by Gasteiger charge is 2.42. The molecule has 40 heavy (non-hydrogen) atoms. The van der Waals surface area contributed by atoms with Crippen molar-refractivity contribution in [3.63, 3.8) is 0 Å². The number of ether oxygens (including phenoxy) is 2. The van der Waals surface area contributed by atoms with Gasteiger partial charge in [0.1, 0.15) is 12.4 Å². The lowest BCUT2D eigenvalue weighted by molar-refractivity contribution is -0.119. The van der Waals surface area contributed by atoms with Crippen molar-refractivity contribution in [2.24, 2.45) is 0 Å². The summed E-state index contributed by atoms with van der Waals surface area (Å²) in [7, 11) is 3.06. The first-order chi connectivity index (χ1) is 19.3. The minimum Gasteiger partial charge on any atom is -0.495 e. The van der Waals surface area contributed by atoms with Crippen LogP contribution < -0.4 is 20.3 Å². The van der Waals surface area contributed by atoms with Crippen LogP contribution >= 0.6 is 12.2 Å². The number of carbonyl (C=O) groups excluding carboxylic acids is 1. The first-order valence-electron chi connectivity index (χ1n) is 13.1. The minimum absolute atomic E-state index is 0.0631.